The molecule has 0 aliphatic heterocycles. The van der Waals surface area contributed by atoms with Crippen LogP contribution in [0.3, 0.4) is 0 Å². The van der Waals surface area contributed by atoms with Crippen LogP contribution in [0.2, 0.25) is 0 Å². The van der Waals surface area contributed by atoms with Crippen molar-refractivity contribution in [2.24, 2.45) is 7.05 Å². The third-order valence-electron chi connectivity index (χ3n) is 3.91. The van der Waals surface area contributed by atoms with Crippen molar-refractivity contribution >= 4 is 23.7 Å². The van der Waals surface area contributed by atoms with Gasteiger partial charge in [0.1, 0.15) is 5.25 Å². The molecule has 0 fully saturated rings. The van der Waals surface area contributed by atoms with Gasteiger partial charge in [0.25, 0.3) is 0 Å². The molecule has 3 amide bonds. The van der Waals surface area contributed by atoms with E-state index in [0.717, 1.165) is 11.1 Å². The van der Waals surface area contributed by atoms with Crippen molar-refractivity contribution in [3.63, 3.8) is 0 Å². The van der Waals surface area contributed by atoms with E-state index in [1.54, 1.807) is 19.3 Å². The van der Waals surface area contributed by atoms with Crippen LogP contribution < -0.4 is 10.6 Å². The van der Waals surface area contributed by atoms with Crippen molar-refractivity contribution < 1.29 is 9.59 Å². The summed E-state index contributed by atoms with van der Waals surface area (Å²) >= 11 is 1.23. The summed E-state index contributed by atoms with van der Waals surface area (Å²) in [7, 11) is 1.84. The molecule has 1 atom stereocenters. The molecule has 0 aliphatic rings. The van der Waals surface area contributed by atoms with Crippen molar-refractivity contribution in [2.45, 2.75) is 17.3 Å². The number of nitrogens with zero attached hydrogens (tertiary/aromatic N) is 4. The summed E-state index contributed by atoms with van der Waals surface area (Å²) in [4.78, 5) is 28.6. The van der Waals surface area contributed by atoms with E-state index in [1.807, 2.05) is 54.1 Å². The third-order valence-corrected chi connectivity index (χ3v) is 5.20. The Balaban J connectivity index is 1.87. The van der Waals surface area contributed by atoms with Crippen LogP contribution in [0.25, 0.3) is 11.4 Å². The Morgan fingerprint density at radius 2 is 1.82 bits per heavy atom. The Kier molecular flexibility index (Phi) is 6.38. The van der Waals surface area contributed by atoms with E-state index in [4.69, 9.17) is 0 Å². The monoisotopic (exact) mass is 396 g/mol. The first-order valence-corrected chi connectivity index (χ1v) is 9.58. The number of imide groups is 1. The van der Waals surface area contributed by atoms with Crippen molar-refractivity contribution in [1.82, 2.24) is 30.4 Å². The Labute approximate surface area is 166 Å². The molecule has 3 aromatic rings. The maximum Gasteiger partial charge on any atom is 0.321 e. The molecule has 2 aromatic heterocycles. The summed E-state index contributed by atoms with van der Waals surface area (Å²) < 4.78 is 1.81. The molecule has 0 aliphatic carbocycles. The zero-order valence-corrected chi connectivity index (χ0v) is 16.3. The third kappa shape index (κ3) is 4.55. The van der Waals surface area contributed by atoms with Gasteiger partial charge in [0.15, 0.2) is 11.0 Å². The molecule has 144 valence electrons. The minimum atomic E-state index is -0.656. The van der Waals surface area contributed by atoms with Crippen LogP contribution in [0.4, 0.5) is 4.79 Å². The van der Waals surface area contributed by atoms with E-state index in [9.17, 15) is 9.59 Å². The fourth-order valence-corrected chi connectivity index (χ4v) is 3.56. The molecule has 0 bridgehead atoms. The summed E-state index contributed by atoms with van der Waals surface area (Å²) in [6.45, 7) is 2.22. The number of aromatic nitrogens is 4. The zero-order chi connectivity index (χ0) is 19.9. The highest BCUT2D eigenvalue weighted by Gasteiger charge is 2.26. The second kappa shape index (κ2) is 9.14. The Morgan fingerprint density at radius 1 is 1.11 bits per heavy atom. The number of pyridine rings is 1. The predicted octanol–water partition coefficient (Wildman–Crippen LogP) is 2.56. The lowest BCUT2D eigenvalue weighted by molar-refractivity contribution is -0.119. The second-order valence-corrected chi connectivity index (χ2v) is 6.93. The van der Waals surface area contributed by atoms with Crippen LogP contribution in [-0.4, -0.2) is 38.2 Å². The number of amides is 3. The van der Waals surface area contributed by atoms with Crippen LogP contribution in [-0.2, 0) is 11.8 Å². The Bertz CT molecular complexity index is 946. The molecule has 8 nitrogen and oxygen atoms in total. The maximum atomic E-state index is 12.8. The van der Waals surface area contributed by atoms with E-state index in [0.29, 0.717) is 17.5 Å². The smallest absolute Gasteiger partial charge is 0.321 e. The van der Waals surface area contributed by atoms with Gasteiger partial charge in [-0.05, 0) is 24.6 Å². The molecule has 0 unspecified atom stereocenters. The molecule has 2 N–H and O–H groups in total. The number of thioether (sulfide) groups is 1. The number of rotatable bonds is 6. The number of benzene rings is 1. The highest BCUT2D eigenvalue weighted by molar-refractivity contribution is 8.00. The normalized spacial score (nSPS) is 11.6. The fraction of sp³-hybridized carbons (Fsp3) is 0.211. The molecule has 0 spiro atoms. The molecule has 28 heavy (non-hydrogen) atoms. The van der Waals surface area contributed by atoms with E-state index < -0.39 is 17.2 Å². The lowest BCUT2D eigenvalue weighted by atomic mass is 10.1. The molecule has 2 heterocycles. The van der Waals surface area contributed by atoms with Crippen LogP contribution >= 0.6 is 11.8 Å². The van der Waals surface area contributed by atoms with Gasteiger partial charge in [0, 0.05) is 31.5 Å². The summed E-state index contributed by atoms with van der Waals surface area (Å²) in [5.74, 6) is 0.247. The van der Waals surface area contributed by atoms with Gasteiger partial charge < -0.3 is 9.88 Å². The molecule has 0 saturated carbocycles. The number of carbonyl (C=O) groups is 2. The SMILES string of the molecule is CCNC(=O)NC(=O)[C@@H](Sc1nnc(-c2ccncc2)n1C)c1ccccc1. The van der Waals surface area contributed by atoms with Gasteiger partial charge in [-0.3, -0.25) is 15.1 Å². The van der Waals surface area contributed by atoms with Crippen molar-refractivity contribution in [2.75, 3.05) is 6.54 Å². The van der Waals surface area contributed by atoms with Crippen molar-refractivity contribution in [3.8, 4) is 11.4 Å². The van der Waals surface area contributed by atoms with E-state index in [-0.39, 0.29) is 0 Å². The molecule has 0 saturated heterocycles. The first-order valence-electron chi connectivity index (χ1n) is 8.70. The molecule has 9 heteroatoms. The lowest BCUT2D eigenvalue weighted by Gasteiger charge is -2.16. The topological polar surface area (TPSA) is 102 Å². The van der Waals surface area contributed by atoms with Crippen molar-refractivity contribution in [3.05, 3.63) is 60.4 Å². The van der Waals surface area contributed by atoms with E-state index in [2.05, 4.69) is 25.8 Å². The molecule has 0 radical (unpaired) electrons. The standard InChI is InChI=1S/C19H20N6O2S/c1-3-21-18(27)22-17(26)15(13-7-5-4-6-8-13)28-19-24-23-16(25(19)2)14-9-11-20-12-10-14/h4-12,15H,3H2,1-2H3,(H2,21,22,26,27)/t15-/m0/s1. The fourth-order valence-electron chi connectivity index (χ4n) is 2.56. The van der Waals surface area contributed by atoms with Gasteiger partial charge in [0.05, 0.1) is 0 Å². The van der Waals surface area contributed by atoms with Crippen LogP contribution in [0.15, 0.2) is 60.0 Å². The molecular weight excluding hydrogens is 376 g/mol. The number of hydrogen-bond acceptors (Lipinski definition) is 6. The Hall–Kier alpha value is -3.20. The quantitative estimate of drug-likeness (QED) is 0.621. The van der Waals surface area contributed by atoms with E-state index in [1.165, 1.54) is 11.8 Å². The van der Waals surface area contributed by atoms with E-state index >= 15 is 0 Å². The zero-order valence-electron chi connectivity index (χ0n) is 15.5. The largest absolute Gasteiger partial charge is 0.338 e. The molecular formula is C19H20N6O2S. The number of hydrogen-bond donors (Lipinski definition) is 2. The lowest BCUT2D eigenvalue weighted by Crippen LogP contribution is -2.41. The summed E-state index contributed by atoms with van der Waals surface area (Å²) in [6, 6.07) is 12.4. The number of urea groups is 1. The average molecular weight is 396 g/mol. The van der Waals surface area contributed by atoms with Gasteiger partial charge in [-0.1, -0.05) is 42.1 Å². The summed E-state index contributed by atoms with van der Waals surface area (Å²) in [5.41, 5.74) is 1.64. The van der Waals surface area contributed by atoms with Gasteiger partial charge in [0.2, 0.25) is 5.91 Å². The summed E-state index contributed by atoms with van der Waals surface area (Å²) in [5, 5.41) is 13.3. The Morgan fingerprint density at radius 3 is 2.50 bits per heavy atom. The van der Waals surface area contributed by atoms with Gasteiger partial charge >= 0.3 is 6.03 Å². The average Bonchev–Trinajstić information content (AvgIpc) is 3.07. The second-order valence-electron chi connectivity index (χ2n) is 5.86. The highest BCUT2D eigenvalue weighted by atomic mass is 32.2. The van der Waals surface area contributed by atoms with Gasteiger partial charge in [-0.15, -0.1) is 10.2 Å². The highest BCUT2D eigenvalue weighted by Crippen LogP contribution is 2.35. The number of carbonyl (C=O) groups excluding carboxylic acids is 2. The predicted molar refractivity (Wildman–Crippen MR) is 106 cm³/mol. The van der Waals surface area contributed by atoms with Crippen LogP contribution in [0, 0.1) is 0 Å². The molecule has 1 aromatic carbocycles. The van der Waals surface area contributed by atoms with Gasteiger partial charge in [-0.25, -0.2) is 4.79 Å². The van der Waals surface area contributed by atoms with Crippen molar-refractivity contribution in [1.29, 1.82) is 0 Å². The minimum Gasteiger partial charge on any atom is -0.338 e. The summed E-state index contributed by atoms with van der Waals surface area (Å²) in [6.07, 6.45) is 3.37. The first-order chi connectivity index (χ1) is 13.6. The van der Waals surface area contributed by atoms with Crippen LogP contribution in [0.1, 0.15) is 17.7 Å². The first kappa shape index (κ1) is 19.6. The van der Waals surface area contributed by atoms with Crippen LogP contribution in [0.5, 0.6) is 0 Å². The van der Waals surface area contributed by atoms with Gasteiger partial charge in [-0.2, -0.15) is 0 Å². The maximum absolute atomic E-state index is 12.8. The molecule has 3 rings (SSSR count). The number of nitrogens with one attached hydrogen (secondary N) is 2. The minimum absolute atomic E-state index is 0.421.